The summed E-state index contributed by atoms with van der Waals surface area (Å²) in [6.45, 7) is 0.640. The number of benzene rings is 1. The Morgan fingerprint density at radius 2 is 1.93 bits per heavy atom. The van der Waals surface area contributed by atoms with Crippen LogP contribution < -0.4 is 10.3 Å². The minimum Gasteiger partial charge on any atom is -0.497 e. The molecule has 4 rings (SSSR count). The molecule has 0 bridgehead atoms. The van der Waals surface area contributed by atoms with Crippen molar-refractivity contribution in [1.29, 1.82) is 0 Å². The maximum Gasteiger partial charge on any atom is 0.271 e. The van der Waals surface area contributed by atoms with Crippen molar-refractivity contribution in [3.63, 3.8) is 0 Å². The second-order valence-electron chi connectivity index (χ2n) is 7.19. The molecule has 1 aromatic carbocycles. The van der Waals surface area contributed by atoms with E-state index in [0.29, 0.717) is 39.0 Å². The van der Waals surface area contributed by atoms with Gasteiger partial charge in [0.25, 0.3) is 5.56 Å². The first-order valence-electron chi connectivity index (χ1n) is 9.07. The molecule has 0 saturated carbocycles. The molecule has 0 radical (unpaired) electrons. The van der Waals surface area contributed by atoms with Crippen molar-refractivity contribution < 1.29 is 13.2 Å². The highest BCUT2D eigenvalue weighted by Crippen LogP contribution is 2.39. The molecule has 2 aromatic heterocycles. The maximum atomic E-state index is 12.8. The number of thiophene rings is 1. The smallest absolute Gasteiger partial charge is 0.271 e. The van der Waals surface area contributed by atoms with Crippen LogP contribution in [0.5, 0.6) is 5.75 Å². The lowest BCUT2D eigenvalue weighted by atomic mass is 10.1. The summed E-state index contributed by atoms with van der Waals surface area (Å²) in [4.78, 5) is 15.6. The summed E-state index contributed by atoms with van der Waals surface area (Å²) in [5.74, 6) is 0.652. The molecule has 0 aliphatic carbocycles. The lowest BCUT2D eigenvalue weighted by Gasteiger charge is -2.10. The molecule has 7 nitrogen and oxygen atoms in total. The second kappa shape index (κ2) is 7.40. The predicted octanol–water partition coefficient (Wildman–Crippen LogP) is 2.36. The van der Waals surface area contributed by atoms with Gasteiger partial charge in [-0.1, -0.05) is 0 Å². The Morgan fingerprint density at radius 1 is 1.21 bits per heavy atom. The topological polar surface area (TPSA) is 81.5 Å². The van der Waals surface area contributed by atoms with Gasteiger partial charge in [0.2, 0.25) is 0 Å². The van der Waals surface area contributed by atoms with E-state index in [-0.39, 0.29) is 17.7 Å². The van der Waals surface area contributed by atoms with Crippen molar-refractivity contribution >= 4 is 21.2 Å². The maximum absolute atomic E-state index is 12.8. The normalized spacial score (nSPS) is 14.9. The molecular weight excluding hydrogens is 410 g/mol. The third kappa shape index (κ3) is 3.73. The van der Waals surface area contributed by atoms with Crippen LogP contribution in [0.2, 0.25) is 0 Å². The van der Waals surface area contributed by atoms with Crippen LogP contribution >= 0.6 is 11.3 Å². The fraction of sp³-hybridized carbons (Fsp3) is 0.300. The molecule has 0 spiro atoms. The van der Waals surface area contributed by atoms with Crippen molar-refractivity contribution in [3.8, 4) is 22.7 Å². The third-order valence-electron chi connectivity index (χ3n) is 4.73. The number of methoxy groups -OCH3 is 1. The molecule has 0 N–H and O–H groups in total. The van der Waals surface area contributed by atoms with E-state index < -0.39 is 9.84 Å². The SMILES string of the molecule is COc1ccc(-n2nc3c(cc2=O)CCS(=O)(=O)c2sc(CN(C)C)cc2-3)cc1. The van der Waals surface area contributed by atoms with Crippen LogP contribution in [-0.2, 0) is 22.8 Å². The molecule has 3 heterocycles. The number of aromatic nitrogens is 2. The molecule has 0 unspecified atom stereocenters. The van der Waals surface area contributed by atoms with Gasteiger partial charge in [-0.15, -0.1) is 11.3 Å². The molecular formula is C20H21N3O4S2. The van der Waals surface area contributed by atoms with E-state index in [1.807, 2.05) is 25.1 Å². The van der Waals surface area contributed by atoms with Gasteiger partial charge in [0.05, 0.1) is 24.2 Å². The third-order valence-corrected chi connectivity index (χ3v) is 8.18. The number of fused-ring (bicyclic) bond motifs is 3. The van der Waals surface area contributed by atoms with Crippen LogP contribution in [0.3, 0.4) is 0 Å². The van der Waals surface area contributed by atoms with Crippen LogP contribution in [-0.4, -0.2) is 50.1 Å². The van der Waals surface area contributed by atoms with E-state index in [4.69, 9.17) is 4.74 Å². The van der Waals surface area contributed by atoms with E-state index in [0.717, 1.165) is 4.88 Å². The van der Waals surface area contributed by atoms with Crippen molar-refractivity contribution in [1.82, 2.24) is 14.7 Å². The van der Waals surface area contributed by atoms with Crippen LogP contribution in [0, 0.1) is 0 Å². The highest BCUT2D eigenvalue weighted by atomic mass is 32.2. The fourth-order valence-electron chi connectivity index (χ4n) is 3.36. The van der Waals surface area contributed by atoms with E-state index >= 15 is 0 Å². The Bertz CT molecular complexity index is 1230. The number of nitrogens with zero attached hydrogens (tertiary/aromatic N) is 3. The molecule has 0 fully saturated rings. The lowest BCUT2D eigenvalue weighted by Crippen LogP contribution is -2.22. The number of hydrogen-bond donors (Lipinski definition) is 0. The van der Waals surface area contributed by atoms with Gasteiger partial charge in [0.15, 0.2) is 9.84 Å². The Labute approximate surface area is 173 Å². The Kier molecular flexibility index (Phi) is 5.05. The molecule has 0 atom stereocenters. The van der Waals surface area contributed by atoms with Gasteiger partial charge >= 0.3 is 0 Å². The number of ether oxygens (including phenoxy) is 1. The zero-order valence-corrected chi connectivity index (χ0v) is 18.0. The average molecular weight is 432 g/mol. The molecule has 0 amide bonds. The van der Waals surface area contributed by atoms with Crippen LogP contribution in [0.4, 0.5) is 0 Å². The predicted molar refractivity (Wildman–Crippen MR) is 113 cm³/mol. The first-order chi connectivity index (χ1) is 13.8. The standard InChI is InChI=1S/C20H21N3O4S2/c1-22(2)12-16-11-17-19-13(8-9-29(25,26)20(17)28-16)10-18(24)23(21-19)14-4-6-15(27-3)7-5-14/h4-7,10-11H,8-9,12H2,1-3H3. The summed E-state index contributed by atoms with van der Waals surface area (Å²) in [5, 5.41) is 4.59. The van der Waals surface area contributed by atoms with Gasteiger partial charge in [-0.05, 0) is 56.4 Å². The second-order valence-corrected chi connectivity index (χ2v) is 10.6. The van der Waals surface area contributed by atoms with Gasteiger partial charge in [-0.25, -0.2) is 8.42 Å². The Hall–Kier alpha value is -2.49. The minimum atomic E-state index is -3.43. The lowest BCUT2D eigenvalue weighted by molar-refractivity contribution is 0.406. The van der Waals surface area contributed by atoms with E-state index in [1.165, 1.54) is 22.1 Å². The first-order valence-corrected chi connectivity index (χ1v) is 11.5. The first kappa shape index (κ1) is 19.8. The molecule has 0 saturated heterocycles. The minimum absolute atomic E-state index is 0.0252. The van der Waals surface area contributed by atoms with Gasteiger partial charge in [0.1, 0.15) is 9.96 Å². The molecule has 3 aromatic rings. The summed E-state index contributed by atoms with van der Waals surface area (Å²) in [6, 6.07) is 10.4. The molecule has 152 valence electrons. The fourth-order valence-corrected chi connectivity index (χ4v) is 6.61. The van der Waals surface area contributed by atoms with Crippen LogP contribution in [0.25, 0.3) is 16.9 Å². The molecule has 1 aliphatic rings. The largest absolute Gasteiger partial charge is 0.497 e. The summed E-state index contributed by atoms with van der Waals surface area (Å²) in [7, 11) is 2.02. The summed E-state index contributed by atoms with van der Waals surface area (Å²) in [5.41, 5.74) is 2.10. The van der Waals surface area contributed by atoms with Crippen molar-refractivity contribution in [2.45, 2.75) is 17.2 Å². The van der Waals surface area contributed by atoms with E-state index in [2.05, 4.69) is 5.10 Å². The van der Waals surface area contributed by atoms with Crippen molar-refractivity contribution in [2.75, 3.05) is 27.0 Å². The van der Waals surface area contributed by atoms with Gasteiger partial charge < -0.3 is 9.64 Å². The van der Waals surface area contributed by atoms with Crippen LogP contribution in [0.15, 0.2) is 45.4 Å². The quantitative estimate of drug-likeness (QED) is 0.631. The number of sulfone groups is 1. The zero-order valence-electron chi connectivity index (χ0n) is 16.4. The zero-order chi connectivity index (χ0) is 20.8. The number of aryl methyl sites for hydroxylation is 1. The summed E-state index contributed by atoms with van der Waals surface area (Å²) in [6.07, 6.45) is 0.272. The summed E-state index contributed by atoms with van der Waals surface area (Å²) >= 11 is 1.28. The number of rotatable bonds is 4. The highest BCUT2D eigenvalue weighted by Gasteiger charge is 2.30. The van der Waals surface area contributed by atoms with Gasteiger partial charge in [-0.2, -0.15) is 9.78 Å². The summed E-state index contributed by atoms with van der Waals surface area (Å²) < 4.78 is 32.5. The highest BCUT2D eigenvalue weighted by molar-refractivity contribution is 7.93. The van der Waals surface area contributed by atoms with E-state index in [1.54, 1.807) is 31.4 Å². The molecule has 9 heteroatoms. The monoisotopic (exact) mass is 431 g/mol. The van der Waals surface area contributed by atoms with Crippen molar-refractivity contribution in [3.05, 3.63) is 57.2 Å². The Morgan fingerprint density at radius 3 is 2.59 bits per heavy atom. The average Bonchev–Trinajstić information content (AvgIpc) is 3.06. The molecule has 29 heavy (non-hydrogen) atoms. The van der Waals surface area contributed by atoms with Crippen LogP contribution in [0.1, 0.15) is 10.4 Å². The Balaban J connectivity index is 1.91. The van der Waals surface area contributed by atoms with Gasteiger partial charge in [-0.3, -0.25) is 4.79 Å². The van der Waals surface area contributed by atoms with E-state index in [9.17, 15) is 13.2 Å². The van der Waals surface area contributed by atoms with Crippen molar-refractivity contribution in [2.24, 2.45) is 0 Å². The molecule has 1 aliphatic heterocycles. The van der Waals surface area contributed by atoms with Gasteiger partial charge in [0, 0.05) is 23.1 Å². The number of hydrogen-bond acceptors (Lipinski definition) is 7.